The number of carbonyl (C=O) groups is 1. The Labute approximate surface area is 184 Å². The van der Waals surface area contributed by atoms with Crippen molar-refractivity contribution in [3.05, 3.63) is 82.7 Å². The molecule has 0 saturated heterocycles. The van der Waals surface area contributed by atoms with E-state index in [-0.39, 0.29) is 11.7 Å². The van der Waals surface area contributed by atoms with Crippen molar-refractivity contribution in [2.24, 2.45) is 0 Å². The number of aryl methyl sites for hydroxylation is 1. The number of hydrogen-bond acceptors (Lipinski definition) is 6. The van der Waals surface area contributed by atoms with Crippen LogP contribution in [0.4, 0.5) is 0 Å². The Hall–Kier alpha value is -3.19. The highest BCUT2D eigenvalue weighted by Crippen LogP contribution is 2.36. The number of para-hydroxylation sites is 1. The zero-order chi connectivity index (χ0) is 21.4. The van der Waals surface area contributed by atoms with Gasteiger partial charge in [-0.15, -0.1) is 5.10 Å². The van der Waals surface area contributed by atoms with E-state index in [0.717, 1.165) is 22.8 Å². The molecule has 0 N–H and O–H groups in total. The molecule has 0 radical (unpaired) electrons. The van der Waals surface area contributed by atoms with Crippen LogP contribution in [0.25, 0.3) is 5.78 Å². The highest BCUT2D eigenvalue weighted by atomic mass is 32.2. The van der Waals surface area contributed by atoms with Crippen LogP contribution >= 0.6 is 11.8 Å². The predicted molar refractivity (Wildman–Crippen MR) is 120 cm³/mol. The Morgan fingerprint density at radius 2 is 1.90 bits per heavy atom. The molecule has 6 nitrogen and oxygen atoms in total. The molecule has 0 spiro atoms. The number of carbonyl (C=O) groups excluding carboxylic acids is 1. The summed E-state index contributed by atoms with van der Waals surface area (Å²) in [5, 5.41) is 5.18. The first-order valence-electron chi connectivity index (χ1n) is 10.2. The molecule has 0 amide bonds. The largest absolute Gasteiger partial charge is 0.496 e. The van der Waals surface area contributed by atoms with Gasteiger partial charge in [-0.05, 0) is 30.5 Å². The fraction of sp³-hybridized carbons (Fsp3) is 0.250. The SMILES string of the molecule is COc1ccccc1[C@H]1CC(=O)c2cn3nc(SCc4ccc(C)cc4)nc3nc2C1. The minimum atomic E-state index is 0.0457. The summed E-state index contributed by atoms with van der Waals surface area (Å²) in [7, 11) is 1.66. The lowest BCUT2D eigenvalue weighted by molar-refractivity contribution is 0.0962. The lowest BCUT2D eigenvalue weighted by Crippen LogP contribution is -2.21. The standard InChI is InChI=1S/C24H22N4O2S/c1-15-7-9-16(10-8-15)14-31-24-26-23-25-20-11-17(18-5-3-4-6-22(18)30-2)12-21(29)19(20)13-28(23)27-24/h3-10,13,17H,11-12,14H2,1-2H3/t17-/m1/s1. The fourth-order valence-electron chi connectivity index (χ4n) is 3.98. The van der Waals surface area contributed by atoms with Crippen LogP contribution < -0.4 is 4.74 Å². The van der Waals surface area contributed by atoms with E-state index in [1.165, 1.54) is 11.1 Å². The van der Waals surface area contributed by atoms with Crippen LogP contribution in [0.3, 0.4) is 0 Å². The van der Waals surface area contributed by atoms with Gasteiger partial charge in [0, 0.05) is 24.3 Å². The number of nitrogens with zero attached hydrogens (tertiary/aromatic N) is 4. The Morgan fingerprint density at radius 3 is 2.71 bits per heavy atom. The summed E-state index contributed by atoms with van der Waals surface area (Å²) in [6.45, 7) is 2.08. The Bertz CT molecular complexity index is 1270. The van der Waals surface area contributed by atoms with E-state index in [0.29, 0.717) is 29.3 Å². The number of methoxy groups -OCH3 is 1. The highest BCUT2D eigenvalue weighted by molar-refractivity contribution is 7.98. The van der Waals surface area contributed by atoms with Gasteiger partial charge in [-0.25, -0.2) is 9.50 Å². The first kappa shape index (κ1) is 19.8. The summed E-state index contributed by atoms with van der Waals surface area (Å²) in [6.07, 6.45) is 2.89. The monoisotopic (exact) mass is 430 g/mol. The number of fused-ring (bicyclic) bond motifs is 2. The van der Waals surface area contributed by atoms with Crippen LogP contribution in [-0.4, -0.2) is 32.5 Å². The van der Waals surface area contributed by atoms with E-state index >= 15 is 0 Å². The summed E-state index contributed by atoms with van der Waals surface area (Å²) < 4.78 is 7.13. The molecular weight excluding hydrogens is 408 g/mol. The summed E-state index contributed by atoms with van der Waals surface area (Å²) in [5.74, 6) is 2.24. The maximum Gasteiger partial charge on any atom is 0.253 e. The Balaban J connectivity index is 1.41. The molecule has 1 atom stereocenters. The number of Topliss-reactive ketones (excluding diaryl/α,β-unsaturated/α-hetero) is 1. The number of hydrogen-bond donors (Lipinski definition) is 0. The molecule has 5 rings (SSSR count). The lowest BCUT2D eigenvalue weighted by atomic mass is 9.82. The molecule has 2 aromatic heterocycles. The van der Waals surface area contributed by atoms with Crippen LogP contribution in [0.1, 0.15) is 45.1 Å². The number of rotatable bonds is 5. The van der Waals surface area contributed by atoms with Gasteiger partial charge in [-0.3, -0.25) is 4.79 Å². The van der Waals surface area contributed by atoms with Crippen LogP contribution in [0, 0.1) is 6.92 Å². The van der Waals surface area contributed by atoms with Crippen molar-refractivity contribution in [2.75, 3.05) is 7.11 Å². The summed E-state index contributed by atoms with van der Waals surface area (Å²) in [4.78, 5) is 22.2. The van der Waals surface area contributed by atoms with Gasteiger partial charge in [-0.2, -0.15) is 4.98 Å². The van der Waals surface area contributed by atoms with E-state index < -0.39 is 0 Å². The van der Waals surface area contributed by atoms with Crippen molar-refractivity contribution in [1.82, 2.24) is 19.6 Å². The molecule has 0 fully saturated rings. The zero-order valence-electron chi connectivity index (χ0n) is 17.4. The molecule has 0 saturated carbocycles. The van der Waals surface area contributed by atoms with Gasteiger partial charge in [0.1, 0.15) is 5.75 Å². The van der Waals surface area contributed by atoms with Gasteiger partial charge in [0.25, 0.3) is 5.78 Å². The van der Waals surface area contributed by atoms with Gasteiger partial charge in [-0.1, -0.05) is 59.8 Å². The highest BCUT2D eigenvalue weighted by Gasteiger charge is 2.30. The molecule has 0 aliphatic heterocycles. The minimum Gasteiger partial charge on any atom is -0.496 e. The van der Waals surface area contributed by atoms with Crippen molar-refractivity contribution in [1.29, 1.82) is 0 Å². The summed E-state index contributed by atoms with van der Waals surface area (Å²) >= 11 is 1.57. The second-order valence-corrected chi connectivity index (χ2v) is 8.73. The van der Waals surface area contributed by atoms with Crippen molar-refractivity contribution in [2.45, 2.75) is 36.6 Å². The number of ketones is 1. The Morgan fingerprint density at radius 1 is 1.10 bits per heavy atom. The second kappa shape index (κ2) is 8.15. The van der Waals surface area contributed by atoms with E-state index in [9.17, 15) is 4.79 Å². The van der Waals surface area contributed by atoms with Crippen molar-refractivity contribution in [3.8, 4) is 5.75 Å². The smallest absolute Gasteiger partial charge is 0.253 e. The lowest BCUT2D eigenvalue weighted by Gasteiger charge is -2.24. The summed E-state index contributed by atoms with van der Waals surface area (Å²) in [6, 6.07) is 16.3. The summed E-state index contributed by atoms with van der Waals surface area (Å²) in [5.41, 5.74) is 4.92. The number of ether oxygens (including phenoxy) is 1. The molecule has 2 aromatic carbocycles. The third-order valence-corrected chi connectivity index (χ3v) is 6.54. The molecule has 1 aliphatic rings. The third-order valence-electron chi connectivity index (χ3n) is 5.63. The first-order chi connectivity index (χ1) is 15.1. The van der Waals surface area contributed by atoms with Crippen LogP contribution in [0.2, 0.25) is 0 Å². The average Bonchev–Trinajstić information content (AvgIpc) is 3.19. The maximum absolute atomic E-state index is 12.9. The topological polar surface area (TPSA) is 69.4 Å². The van der Waals surface area contributed by atoms with Crippen LogP contribution in [0.15, 0.2) is 59.9 Å². The van der Waals surface area contributed by atoms with Gasteiger partial charge in [0.05, 0.1) is 18.4 Å². The van der Waals surface area contributed by atoms with E-state index in [1.54, 1.807) is 29.6 Å². The molecule has 0 unspecified atom stereocenters. The average molecular weight is 431 g/mol. The van der Waals surface area contributed by atoms with Crippen molar-refractivity contribution < 1.29 is 9.53 Å². The fourth-order valence-corrected chi connectivity index (χ4v) is 4.76. The van der Waals surface area contributed by atoms with Gasteiger partial charge in [0.15, 0.2) is 5.78 Å². The Kier molecular flexibility index (Phi) is 5.19. The molecule has 7 heteroatoms. The van der Waals surface area contributed by atoms with Gasteiger partial charge < -0.3 is 4.74 Å². The first-order valence-corrected chi connectivity index (χ1v) is 11.2. The van der Waals surface area contributed by atoms with Crippen LogP contribution in [-0.2, 0) is 12.2 Å². The van der Waals surface area contributed by atoms with Crippen molar-refractivity contribution >= 4 is 23.3 Å². The quantitative estimate of drug-likeness (QED) is 0.430. The minimum absolute atomic E-state index is 0.0457. The van der Waals surface area contributed by atoms with E-state index in [2.05, 4.69) is 41.3 Å². The third kappa shape index (κ3) is 3.93. The van der Waals surface area contributed by atoms with Crippen LogP contribution in [0.5, 0.6) is 5.75 Å². The molecule has 0 bridgehead atoms. The predicted octanol–water partition coefficient (Wildman–Crippen LogP) is 4.65. The number of benzene rings is 2. The molecule has 156 valence electrons. The van der Waals surface area contributed by atoms with Gasteiger partial charge >= 0.3 is 0 Å². The number of thioether (sulfide) groups is 1. The van der Waals surface area contributed by atoms with Gasteiger partial charge in [0.2, 0.25) is 5.16 Å². The van der Waals surface area contributed by atoms with E-state index in [4.69, 9.17) is 9.72 Å². The molecule has 31 heavy (non-hydrogen) atoms. The molecular formula is C24H22N4O2S. The van der Waals surface area contributed by atoms with Crippen molar-refractivity contribution in [3.63, 3.8) is 0 Å². The normalized spacial score (nSPS) is 15.8. The zero-order valence-corrected chi connectivity index (χ0v) is 18.2. The maximum atomic E-state index is 12.9. The second-order valence-electron chi connectivity index (χ2n) is 7.78. The molecule has 1 aliphatic carbocycles. The van der Waals surface area contributed by atoms with E-state index in [1.807, 2.05) is 24.3 Å². The molecule has 4 aromatic rings. The molecule has 2 heterocycles. The number of aromatic nitrogens is 4.